The van der Waals surface area contributed by atoms with E-state index in [9.17, 15) is 0 Å². The van der Waals surface area contributed by atoms with Crippen molar-refractivity contribution in [3.63, 3.8) is 0 Å². The Morgan fingerprint density at radius 2 is 2.12 bits per heavy atom. The van der Waals surface area contributed by atoms with Crippen molar-refractivity contribution in [1.82, 2.24) is 5.32 Å². The molecule has 0 saturated carbocycles. The Kier molecular flexibility index (Phi) is 2.56. The second kappa shape index (κ2) is 4.08. The van der Waals surface area contributed by atoms with Crippen molar-refractivity contribution in [3.05, 3.63) is 29.8 Å². The summed E-state index contributed by atoms with van der Waals surface area (Å²) >= 11 is 0. The van der Waals surface area contributed by atoms with E-state index in [4.69, 9.17) is 9.47 Å². The number of ether oxygens (including phenoxy) is 2. The maximum absolute atomic E-state index is 6.20. The molecular formula is C14H17NO2. The van der Waals surface area contributed by atoms with E-state index in [1.807, 2.05) is 18.2 Å². The molecule has 0 amide bonds. The molecule has 2 heterocycles. The maximum Gasteiger partial charge on any atom is 0.131 e. The van der Waals surface area contributed by atoms with E-state index >= 15 is 0 Å². The summed E-state index contributed by atoms with van der Waals surface area (Å²) in [6, 6.07) is 5.98. The van der Waals surface area contributed by atoms with Gasteiger partial charge in [0.25, 0.3) is 0 Å². The Labute approximate surface area is 101 Å². The van der Waals surface area contributed by atoms with Crippen molar-refractivity contribution in [3.8, 4) is 11.5 Å². The topological polar surface area (TPSA) is 30.5 Å². The molecule has 1 N–H and O–H groups in total. The summed E-state index contributed by atoms with van der Waals surface area (Å²) in [6.45, 7) is 2.04. The molecule has 17 heavy (non-hydrogen) atoms. The molecule has 0 aliphatic carbocycles. The molecule has 1 fully saturated rings. The highest BCUT2D eigenvalue weighted by Crippen LogP contribution is 2.37. The Morgan fingerprint density at radius 3 is 2.88 bits per heavy atom. The van der Waals surface area contributed by atoms with Crippen LogP contribution in [0.3, 0.4) is 0 Å². The monoisotopic (exact) mass is 231 g/mol. The average molecular weight is 231 g/mol. The molecule has 90 valence electrons. The Hall–Kier alpha value is -1.48. The highest BCUT2D eigenvalue weighted by molar-refractivity contribution is 5.62. The van der Waals surface area contributed by atoms with Gasteiger partial charge >= 0.3 is 0 Å². The summed E-state index contributed by atoms with van der Waals surface area (Å²) < 4.78 is 11.4. The van der Waals surface area contributed by atoms with Crippen molar-refractivity contribution in [2.45, 2.75) is 18.4 Å². The fourth-order valence-corrected chi connectivity index (χ4v) is 2.48. The van der Waals surface area contributed by atoms with E-state index in [1.165, 1.54) is 0 Å². The molecule has 0 bridgehead atoms. The van der Waals surface area contributed by atoms with E-state index in [1.54, 1.807) is 7.11 Å². The van der Waals surface area contributed by atoms with Crippen LogP contribution in [0.4, 0.5) is 0 Å². The zero-order valence-electron chi connectivity index (χ0n) is 10.0. The number of hydrogen-bond donors (Lipinski definition) is 1. The molecule has 1 spiro atoms. The highest BCUT2D eigenvalue weighted by Gasteiger charge is 2.34. The first-order valence-corrected chi connectivity index (χ1v) is 6.08. The fourth-order valence-electron chi connectivity index (χ4n) is 2.48. The van der Waals surface area contributed by atoms with Gasteiger partial charge in [-0.2, -0.15) is 0 Å². The largest absolute Gasteiger partial charge is 0.497 e. The Bertz CT molecular complexity index is 448. The smallest absolute Gasteiger partial charge is 0.131 e. The van der Waals surface area contributed by atoms with Crippen LogP contribution in [-0.4, -0.2) is 25.8 Å². The molecule has 0 aromatic heterocycles. The summed E-state index contributed by atoms with van der Waals surface area (Å²) in [7, 11) is 1.68. The second-order valence-electron chi connectivity index (χ2n) is 4.65. The lowest BCUT2D eigenvalue weighted by molar-refractivity contribution is 0.0820. The number of fused-ring (bicyclic) bond motifs is 1. The van der Waals surface area contributed by atoms with Gasteiger partial charge in [-0.1, -0.05) is 6.08 Å². The molecule has 2 aliphatic heterocycles. The van der Waals surface area contributed by atoms with E-state index in [-0.39, 0.29) is 5.60 Å². The van der Waals surface area contributed by atoms with Crippen molar-refractivity contribution >= 4 is 6.08 Å². The molecule has 3 heteroatoms. The van der Waals surface area contributed by atoms with Crippen molar-refractivity contribution < 1.29 is 9.47 Å². The van der Waals surface area contributed by atoms with Gasteiger partial charge in [-0.15, -0.1) is 0 Å². The fraction of sp³-hybridized carbons (Fsp3) is 0.429. The number of benzene rings is 1. The summed E-state index contributed by atoms with van der Waals surface area (Å²) in [5.41, 5.74) is 1.03. The van der Waals surface area contributed by atoms with Crippen LogP contribution in [0, 0.1) is 0 Å². The van der Waals surface area contributed by atoms with Crippen LogP contribution in [0.25, 0.3) is 6.08 Å². The van der Waals surface area contributed by atoms with Crippen LogP contribution in [-0.2, 0) is 0 Å². The third-order valence-corrected chi connectivity index (χ3v) is 3.55. The lowest BCUT2D eigenvalue weighted by atomic mass is 9.89. The third kappa shape index (κ3) is 1.91. The van der Waals surface area contributed by atoms with E-state index in [2.05, 4.69) is 17.5 Å². The van der Waals surface area contributed by atoms with E-state index in [0.29, 0.717) is 0 Å². The van der Waals surface area contributed by atoms with Gasteiger partial charge in [-0.25, -0.2) is 0 Å². The number of methoxy groups -OCH3 is 1. The van der Waals surface area contributed by atoms with E-state index in [0.717, 1.165) is 43.0 Å². The lowest BCUT2D eigenvalue weighted by Gasteiger charge is -2.38. The molecular weight excluding hydrogens is 214 g/mol. The van der Waals surface area contributed by atoms with Crippen LogP contribution in [0.5, 0.6) is 11.5 Å². The quantitative estimate of drug-likeness (QED) is 0.804. The van der Waals surface area contributed by atoms with E-state index < -0.39 is 0 Å². The third-order valence-electron chi connectivity index (χ3n) is 3.55. The van der Waals surface area contributed by atoms with Crippen LogP contribution in [0.1, 0.15) is 18.4 Å². The van der Waals surface area contributed by atoms with Crippen LogP contribution < -0.4 is 14.8 Å². The number of hydrogen-bond acceptors (Lipinski definition) is 3. The normalized spacial score (nSPS) is 20.8. The Morgan fingerprint density at radius 1 is 1.29 bits per heavy atom. The molecule has 3 nitrogen and oxygen atoms in total. The highest BCUT2D eigenvalue weighted by atomic mass is 16.5. The molecule has 1 aromatic rings. The summed E-state index contributed by atoms with van der Waals surface area (Å²) in [5.74, 6) is 1.79. The molecule has 0 radical (unpaired) electrons. The SMILES string of the molecule is COc1ccc2c(c1)OC1(C=C2)CCNCC1. The molecule has 0 atom stereocenters. The van der Waals surface area contributed by atoms with Gasteiger partial charge in [0.05, 0.1) is 7.11 Å². The molecule has 2 aliphatic rings. The number of piperidine rings is 1. The molecule has 1 saturated heterocycles. The molecule has 1 aromatic carbocycles. The maximum atomic E-state index is 6.20. The molecule has 0 unspecified atom stereocenters. The average Bonchev–Trinajstić information content (AvgIpc) is 2.39. The first kappa shape index (κ1) is 10.7. The van der Waals surface area contributed by atoms with Crippen molar-refractivity contribution in [2.75, 3.05) is 20.2 Å². The van der Waals surface area contributed by atoms with Gasteiger partial charge in [0.15, 0.2) is 0 Å². The Balaban J connectivity index is 1.92. The minimum absolute atomic E-state index is 0.107. The predicted molar refractivity (Wildman–Crippen MR) is 67.5 cm³/mol. The van der Waals surface area contributed by atoms with Gasteiger partial charge in [-0.3, -0.25) is 0 Å². The predicted octanol–water partition coefficient (Wildman–Crippen LogP) is 2.22. The zero-order valence-corrected chi connectivity index (χ0v) is 10.0. The second-order valence-corrected chi connectivity index (χ2v) is 4.65. The first-order valence-electron chi connectivity index (χ1n) is 6.08. The molecule has 3 rings (SSSR count). The van der Waals surface area contributed by atoms with Crippen LogP contribution in [0.15, 0.2) is 24.3 Å². The minimum atomic E-state index is -0.107. The van der Waals surface area contributed by atoms with Crippen LogP contribution >= 0.6 is 0 Å². The van der Waals surface area contributed by atoms with Gasteiger partial charge in [0.1, 0.15) is 17.1 Å². The van der Waals surface area contributed by atoms with Crippen LogP contribution in [0.2, 0.25) is 0 Å². The number of rotatable bonds is 1. The summed E-state index contributed by atoms with van der Waals surface area (Å²) in [5, 5.41) is 3.36. The van der Waals surface area contributed by atoms with Gasteiger partial charge in [0, 0.05) is 24.5 Å². The van der Waals surface area contributed by atoms with Gasteiger partial charge in [-0.05, 0) is 31.3 Å². The standard InChI is InChI=1S/C14H17NO2/c1-16-12-3-2-11-4-5-14(17-13(11)10-12)6-8-15-9-7-14/h2-5,10,15H,6-9H2,1H3. The zero-order chi connectivity index (χ0) is 11.7. The summed E-state index contributed by atoms with van der Waals surface area (Å²) in [6.07, 6.45) is 6.44. The van der Waals surface area contributed by atoms with Crippen molar-refractivity contribution in [2.24, 2.45) is 0 Å². The lowest BCUT2D eigenvalue weighted by Crippen LogP contribution is -2.45. The van der Waals surface area contributed by atoms with Gasteiger partial charge in [0.2, 0.25) is 0 Å². The van der Waals surface area contributed by atoms with Gasteiger partial charge < -0.3 is 14.8 Å². The number of nitrogens with one attached hydrogen (secondary N) is 1. The minimum Gasteiger partial charge on any atom is -0.497 e. The van der Waals surface area contributed by atoms with Crippen molar-refractivity contribution in [1.29, 1.82) is 0 Å². The summed E-state index contributed by atoms with van der Waals surface area (Å²) in [4.78, 5) is 0. The first-order chi connectivity index (χ1) is 8.31.